The summed E-state index contributed by atoms with van der Waals surface area (Å²) in [6.07, 6.45) is 1.53. The first-order valence-electron chi connectivity index (χ1n) is 13.1. The van der Waals surface area contributed by atoms with Crippen LogP contribution in [-0.2, 0) is 35.9 Å². The van der Waals surface area contributed by atoms with E-state index in [0.717, 1.165) is 31.5 Å². The number of carboxylic acid groups (broad SMARTS) is 1. The lowest BCUT2D eigenvalue weighted by molar-refractivity contribution is -0.146. The van der Waals surface area contributed by atoms with Crippen LogP contribution in [0.15, 0.2) is 53.4 Å². The number of nitrogens with one attached hydrogen (secondary N) is 1. The molecule has 1 unspecified atom stereocenters. The van der Waals surface area contributed by atoms with E-state index in [1.54, 1.807) is 31.2 Å². The van der Waals surface area contributed by atoms with Crippen LogP contribution in [-0.4, -0.2) is 99.4 Å². The minimum Gasteiger partial charge on any atom is -0.490 e. The highest BCUT2D eigenvalue weighted by Crippen LogP contribution is 2.25. The van der Waals surface area contributed by atoms with Crippen molar-refractivity contribution < 1.29 is 36.3 Å². The molecule has 0 saturated carbocycles. The second-order valence-electron chi connectivity index (χ2n) is 10.4. The van der Waals surface area contributed by atoms with E-state index in [-0.39, 0.29) is 29.7 Å². The molecule has 0 radical (unpaired) electrons. The van der Waals surface area contributed by atoms with E-state index in [2.05, 4.69) is 17.3 Å². The summed E-state index contributed by atoms with van der Waals surface area (Å²) in [5.41, 5.74) is 1.25. The molecule has 2 fully saturated rings. The van der Waals surface area contributed by atoms with Crippen molar-refractivity contribution in [1.82, 2.24) is 14.5 Å². The zero-order valence-corrected chi connectivity index (χ0v) is 24.2. The molecule has 40 heavy (non-hydrogen) atoms. The number of piperidine rings is 1. The molecule has 0 aromatic heterocycles. The van der Waals surface area contributed by atoms with Crippen LogP contribution in [0.4, 0.5) is 0 Å². The van der Waals surface area contributed by atoms with Crippen LogP contribution < -0.4 is 10.1 Å². The summed E-state index contributed by atoms with van der Waals surface area (Å²) in [5, 5.41) is 12.9. The third-order valence-corrected chi connectivity index (χ3v) is 10.7. The van der Waals surface area contributed by atoms with E-state index in [0.29, 0.717) is 15.6 Å². The lowest BCUT2D eigenvalue weighted by Gasteiger charge is -2.33. The van der Waals surface area contributed by atoms with Gasteiger partial charge in [0.2, 0.25) is 0 Å². The van der Waals surface area contributed by atoms with E-state index in [9.17, 15) is 31.5 Å². The number of nitrogens with zero attached hydrogens (tertiary/aromatic N) is 2. The number of carboxylic acids is 1. The molecule has 2 atom stereocenters. The maximum Gasteiger partial charge on any atom is 0.328 e. The smallest absolute Gasteiger partial charge is 0.328 e. The highest BCUT2D eigenvalue weighted by atomic mass is 32.2. The number of rotatable bonds is 9. The first kappa shape index (κ1) is 30.0. The molecule has 1 amide bonds. The predicted molar refractivity (Wildman–Crippen MR) is 148 cm³/mol. The van der Waals surface area contributed by atoms with Crippen LogP contribution in [0.1, 0.15) is 24.0 Å². The molecule has 218 valence electrons. The van der Waals surface area contributed by atoms with Crippen molar-refractivity contribution in [3.8, 4) is 5.75 Å². The average Bonchev–Trinajstić information content (AvgIpc) is 2.90. The molecular weight excluding hydrogens is 558 g/mol. The van der Waals surface area contributed by atoms with Crippen molar-refractivity contribution in [2.45, 2.75) is 49.3 Å². The Balaban J connectivity index is 1.63. The maximum atomic E-state index is 13.8. The van der Waals surface area contributed by atoms with Gasteiger partial charge in [0, 0.05) is 26.1 Å². The number of likely N-dealkylation sites (tertiary alicyclic amines) is 1. The van der Waals surface area contributed by atoms with E-state index in [4.69, 9.17) is 4.74 Å². The molecule has 11 nitrogen and oxygen atoms in total. The Morgan fingerprint density at radius 3 is 2.30 bits per heavy atom. The highest BCUT2D eigenvalue weighted by Gasteiger charge is 2.44. The lowest BCUT2D eigenvalue weighted by atomic mass is 10.0. The number of benzene rings is 2. The van der Waals surface area contributed by atoms with Crippen LogP contribution >= 0.6 is 0 Å². The van der Waals surface area contributed by atoms with Gasteiger partial charge in [0.1, 0.15) is 23.9 Å². The van der Waals surface area contributed by atoms with Gasteiger partial charge in [0.25, 0.3) is 15.9 Å². The standard InChI is InChI=1S/C27H35N3O8S2/c1-19-3-9-23(10-4-19)40(36,37)30(26(31)24-18-39(34,35)16-13-28-24)25(27(32)33)17-20-5-7-21(8-6-20)38-22-11-14-29(2)15-12-22/h3-10,22,24-25,28H,11-18H2,1-2H3,(H,32,33)/t24?,25-/m0/s1. The molecule has 2 N–H and O–H groups in total. The van der Waals surface area contributed by atoms with Gasteiger partial charge in [-0.2, -0.15) is 0 Å². The zero-order valence-electron chi connectivity index (χ0n) is 22.5. The van der Waals surface area contributed by atoms with E-state index in [1.807, 2.05) is 0 Å². The summed E-state index contributed by atoms with van der Waals surface area (Å²) in [7, 11) is -6.22. The maximum absolute atomic E-state index is 13.8. The summed E-state index contributed by atoms with van der Waals surface area (Å²) >= 11 is 0. The molecule has 2 saturated heterocycles. The van der Waals surface area contributed by atoms with E-state index in [1.165, 1.54) is 24.3 Å². The Kier molecular flexibility index (Phi) is 9.18. The number of hydrogen-bond acceptors (Lipinski definition) is 9. The second-order valence-corrected chi connectivity index (χ2v) is 14.4. The molecular formula is C27H35N3O8S2. The number of sulfonamides is 1. The first-order valence-corrected chi connectivity index (χ1v) is 16.4. The van der Waals surface area contributed by atoms with Crippen molar-refractivity contribution in [1.29, 1.82) is 0 Å². The Morgan fingerprint density at radius 2 is 1.73 bits per heavy atom. The molecule has 0 aliphatic carbocycles. The fraction of sp³-hybridized carbons (Fsp3) is 0.481. The summed E-state index contributed by atoms with van der Waals surface area (Å²) in [6.45, 7) is 3.57. The molecule has 2 heterocycles. The summed E-state index contributed by atoms with van der Waals surface area (Å²) in [4.78, 5) is 28.1. The molecule has 2 aromatic rings. The van der Waals surface area contributed by atoms with Crippen molar-refractivity contribution in [3.05, 3.63) is 59.7 Å². The minimum atomic E-state index is -4.66. The van der Waals surface area contributed by atoms with Gasteiger partial charge in [-0.1, -0.05) is 29.8 Å². The van der Waals surface area contributed by atoms with Gasteiger partial charge in [-0.15, -0.1) is 0 Å². The molecule has 13 heteroatoms. The number of aryl methyl sites for hydroxylation is 1. The number of aliphatic carboxylic acids is 1. The van der Waals surface area contributed by atoms with E-state index >= 15 is 0 Å². The van der Waals surface area contributed by atoms with Gasteiger partial charge in [-0.3, -0.25) is 4.79 Å². The van der Waals surface area contributed by atoms with Crippen LogP contribution in [0.2, 0.25) is 0 Å². The molecule has 2 aliphatic heterocycles. The van der Waals surface area contributed by atoms with Crippen molar-refractivity contribution in [2.75, 3.05) is 38.2 Å². The normalized spacial score (nSPS) is 20.9. The van der Waals surface area contributed by atoms with E-state index < -0.39 is 49.6 Å². The fourth-order valence-electron chi connectivity index (χ4n) is 4.85. The fourth-order valence-corrected chi connectivity index (χ4v) is 7.79. The summed E-state index contributed by atoms with van der Waals surface area (Å²) in [5.74, 6) is -2.87. The van der Waals surface area contributed by atoms with Gasteiger partial charge in [-0.25, -0.2) is 25.9 Å². The van der Waals surface area contributed by atoms with Gasteiger partial charge in [-0.05, 0) is 56.6 Å². The van der Waals surface area contributed by atoms with Gasteiger partial charge >= 0.3 is 5.97 Å². The topological polar surface area (TPSA) is 150 Å². The third kappa shape index (κ3) is 7.19. The number of sulfone groups is 1. The van der Waals surface area contributed by atoms with Crippen LogP contribution in [0.3, 0.4) is 0 Å². The Labute approximate surface area is 235 Å². The van der Waals surface area contributed by atoms with Crippen LogP contribution in [0.25, 0.3) is 0 Å². The summed E-state index contributed by atoms with van der Waals surface area (Å²) < 4.78 is 58.4. The van der Waals surface area contributed by atoms with Crippen molar-refractivity contribution in [3.63, 3.8) is 0 Å². The third-order valence-electron chi connectivity index (χ3n) is 7.21. The molecule has 2 aromatic carbocycles. The molecule has 4 rings (SSSR count). The largest absolute Gasteiger partial charge is 0.490 e. The number of carbonyl (C=O) groups excluding carboxylic acids is 1. The number of carbonyl (C=O) groups is 2. The van der Waals surface area contributed by atoms with Crippen LogP contribution in [0.5, 0.6) is 5.75 Å². The zero-order chi connectivity index (χ0) is 29.1. The Bertz CT molecular complexity index is 1420. The molecule has 2 aliphatic rings. The first-order chi connectivity index (χ1) is 18.9. The molecule has 0 spiro atoms. The SMILES string of the molecule is Cc1ccc(S(=O)(=O)N(C(=O)C2CS(=O)(=O)CCN2)[C@@H](Cc2ccc(OC3CCN(C)CC3)cc2)C(=O)O)cc1. The number of ether oxygens (including phenoxy) is 1. The summed E-state index contributed by atoms with van der Waals surface area (Å²) in [6, 6.07) is 9.14. The number of hydrogen-bond donors (Lipinski definition) is 2. The average molecular weight is 594 g/mol. The molecule has 0 bridgehead atoms. The van der Waals surface area contributed by atoms with Crippen molar-refractivity contribution >= 4 is 31.7 Å². The number of amides is 1. The lowest BCUT2D eigenvalue weighted by Crippen LogP contribution is -2.59. The second kappa shape index (κ2) is 12.2. The predicted octanol–water partition coefficient (Wildman–Crippen LogP) is 1.07. The van der Waals surface area contributed by atoms with Gasteiger partial charge in [0.15, 0.2) is 9.84 Å². The van der Waals surface area contributed by atoms with Gasteiger partial charge in [0.05, 0.1) is 16.4 Å². The Morgan fingerprint density at radius 1 is 1.10 bits per heavy atom. The monoisotopic (exact) mass is 593 g/mol. The quantitative estimate of drug-likeness (QED) is 0.432. The van der Waals surface area contributed by atoms with Crippen LogP contribution in [0, 0.1) is 6.92 Å². The Hall–Kier alpha value is -3.00. The highest BCUT2D eigenvalue weighted by molar-refractivity contribution is 7.91. The van der Waals surface area contributed by atoms with Gasteiger partial charge < -0.3 is 20.1 Å². The van der Waals surface area contributed by atoms with Crippen molar-refractivity contribution in [2.24, 2.45) is 0 Å². The minimum absolute atomic E-state index is 0.0480.